The van der Waals surface area contributed by atoms with Crippen molar-refractivity contribution >= 4 is 5.97 Å². The Balaban J connectivity index is 1.28. The zero-order chi connectivity index (χ0) is 20.2. The zero-order valence-corrected chi connectivity index (χ0v) is 17.9. The maximum atomic E-state index is 12.6. The van der Waals surface area contributed by atoms with Crippen LogP contribution >= 0.6 is 0 Å². The molecule has 0 aliphatic heterocycles. The Morgan fingerprint density at radius 3 is 1.76 bits per heavy atom. The second-order valence-corrected chi connectivity index (χ2v) is 9.37. The van der Waals surface area contributed by atoms with Crippen LogP contribution in [0.5, 0.6) is 0 Å². The molecule has 2 nitrogen and oxygen atoms in total. The topological polar surface area (TPSA) is 26.3 Å². The lowest BCUT2D eigenvalue weighted by molar-refractivity contribution is 0.0195. The fraction of sp³-hybridized carbons (Fsp3) is 0.519. The number of carbonyl (C=O) groups is 1. The Bertz CT molecular complexity index is 789. The lowest BCUT2D eigenvalue weighted by Gasteiger charge is -2.29. The van der Waals surface area contributed by atoms with E-state index in [9.17, 15) is 4.79 Å². The Kier molecular flexibility index (Phi) is 6.37. The van der Waals surface area contributed by atoms with Crippen molar-refractivity contribution in [2.75, 3.05) is 0 Å². The van der Waals surface area contributed by atoms with E-state index in [4.69, 9.17) is 4.74 Å². The molecule has 0 bridgehead atoms. The molecule has 0 aromatic heterocycles. The van der Waals surface area contributed by atoms with E-state index in [1.54, 1.807) is 0 Å². The van der Waals surface area contributed by atoms with Crippen molar-refractivity contribution in [3.8, 4) is 0 Å². The van der Waals surface area contributed by atoms with Gasteiger partial charge >= 0.3 is 5.97 Å². The molecule has 0 N–H and O–H groups in total. The van der Waals surface area contributed by atoms with Crippen LogP contribution in [-0.4, -0.2) is 12.1 Å². The van der Waals surface area contributed by atoms with Gasteiger partial charge in [-0.3, -0.25) is 0 Å². The van der Waals surface area contributed by atoms with Gasteiger partial charge in [-0.1, -0.05) is 61.7 Å². The van der Waals surface area contributed by atoms with E-state index in [0.717, 1.165) is 31.6 Å². The molecule has 0 radical (unpaired) electrons. The molecule has 29 heavy (non-hydrogen) atoms. The average Bonchev–Trinajstić information content (AvgIpc) is 2.76. The number of esters is 1. The van der Waals surface area contributed by atoms with Gasteiger partial charge in [0.2, 0.25) is 0 Å². The van der Waals surface area contributed by atoms with E-state index in [1.807, 2.05) is 12.1 Å². The van der Waals surface area contributed by atoms with Crippen molar-refractivity contribution in [1.29, 1.82) is 0 Å². The van der Waals surface area contributed by atoms with Gasteiger partial charge in [-0.25, -0.2) is 4.79 Å². The van der Waals surface area contributed by atoms with Crippen LogP contribution in [0.2, 0.25) is 0 Å². The molecule has 2 aromatic rings. The van der Waals surface area contributed by atoms with Gasteiger partial charge in [-0.05, 0) is 86.5 Å². The second kappa shape index (κ2) is 9.15. The molecular weight excluding hydrogens is 356 g/mol. The summed E-state index contributed by atoms with van der Waals surface area (Å²) in [6, 6.07) is 17.1. The lowest BCUT2D eigenvalue weighted by Crippen LogP contribution is -2.24. The van der Waals surface area contributed by atoms with Gasteiger partial charge in [0, 0.05) is 0 Å². The summed E-state index contributed by atoms with van der Waals surface area (Å²) in [5.74, 6) is 1.96. The smallest absolute Gasteiger partial charge is 0.338 e. The summed E-state index contributed by atoms with van der Waals surface area (Å²) in [4.78, 5) is 12.6. The van der Waals surface area contributed by atoms with Gasteiger partial charge in [0.15, 0.2) is 0 Å². The van der Waals surface area contributed by atoms with E-state index in [1.165, 1.54) is 42.4 Å². The average molecular weight is 391 g/mol. The first-order chi connectivity index (χ1) is 14.1. The molecule has 2 aromatic carbocycles. The molecule has 2 fully saturated rings. The van der Waals surface area contributed by atoms with Crippen LogP contribution in [-0.2, 0) is 4.74 Å². The summed E-state index contributed by atoms with van der Waals surface area (Å²) in [5, 5.41) is 0. The van der Waals surface area contributed by atoms with Crippen molar-refractivity contribution in [1.82, 2.24) is 0 Å². The lowest BCUT2D eigenvalue weighted by atomic mass is 9.79. The number of hydrogen-bond donors (Lipinski definition) is 0. The molecule has 2 saturated carbocycles. The first-order valence-corrected chi connectivity index (χ1v) is 11.5. The van der Waals surface area contributed by atoms with Crippen LogP contribution in [0.25, 0.3) is 0 Å². The van der Waals surface area contributed by atoms with E-state index < -0.39 is 0 Å². The molecule has 0 amide bonds. The quantitative estimate of drug-likeness (QED) is 0.517. The number of ether oxygens (including phenoxy) is 1. The molecule has 2 aliphatic carbocycles. The molecular formula is C27H34O2. The summed E-state index contributed by atoms with van der Waals surface area (Å²) in [5.41, 5.74) is 4.80. The number of carbonyl (C=O) groups excluding carboxylic acids is 1. The largest absolute Gasteiger partial charge is 0.459 e. The first-order valence-electron chi connectivity index (χ1n) is 11.5. The van der Waals surface area contributed by atoms with Crippen LogP contribution < -0.4 is 0 Å². The van der Waals surface area contributed by atoms with Gasteiger partial charge in [0.05, 0.1) is 5.56 Å². The molecule has 0 unspecified atom stereocenters. The van der Waals surface area contributed by atoms with Crippen LogP contribution in [0.4, 0.5) is 0 Å². The Morgan fingerprint density at radius 1 is 0.724 bits per heavy atom. The summed E-state index contributed by atoms with van der Waals surface area (Å²) in [6.45, 7) is 4.48. The highest BCUT2D eigenvalue weighted by molar-refractivity contribution is 5.89. The second-order valence-electron chi connectivity index (χ2n) is 9.37. The first kappa shape index (κ1) is 20.2. The van der Waals surface area contributed by atoms with Crippen molar-refractivity contribution in [3.63, 3.8) is 0 Å². The third-order valence-corrected chi connectivity index (χ3v) is 7.13. The maximum Gasteiger partial charge on any atom is 0.338 e. The van der Waals surface area contributed by atoms with Gasteiger partial charge < -0.3 is 4.74 Å². The number of benzene rings is 2. The van der Waals surface area contributed by atoms with Gasteiger partial charge in [-0.2, -0.15) is 0 Å². The highest BCUT2D eigenvalue weighted by atomic mass is 16.5. The third-order valence-electron chi connectivity index (χ3n) is 7.13. The summed E-state index contributed by atoms with van der Waals surface area (Å²) in [7, 11) is 0. The standard InChI is InChI=1S/C27H34O2/c1-19-3-7-21(8-4-19)23-11-13-25(14-12-23)27(28)29-26-17-15-24(16-18-26)22-9-5-20(2)6-10-22/h5-6,9-14,19,21,24,26H,3-4,7-8,15-18H2,1-2H3. The zero-order valence-electron chi connectivity index (χ0n) is 17.9. The third kappa shape index (κ3) is 5.10. The fourth-order valence-electron chi connectivity index (χ4n) is 5.06. The highest BCUT2D eigenvalue weighted by Gasteiger charge is 2.25. The number of aryl methyl sites for hydroxylation is 1. The monoisotopic (exact) mass is 390 g/mol. The number of hydrogen-bond acceptors (Lipinski definition) is 2. The van der Waals surface area contributed by atoms with Crippen molar-refractivity contribution in [2.45, 2.75) is 83.2 Å². The number of rotatable bonds is 4. The van der Waals surface area contributed by atoms with E-state index >= 15 is 0 Å². The van der Waals surface area contributed by atoms with Crippen molar-refractivity contribution in [3.05, 3.63) is 70.8 Å². The highest BCUT2D eigenvalue weighted by Crippen LogP contribution is 2.36. The van der Waals surface area contributed by atoms with E-state index in [-0.39, 0.29) is 12.1 Å². The molecule has 2 aliphatic rings. The summed E-state index contributed by atoms with van der Waals surface area (Å²) < 4.78 is 5.84. The fourth-order valence-corrected chi connectivity index (χ4v) is 5.06. The predicted octanol–water partition coefficient (Wildman–Crippen LogP) is 7.17. The van der Waals surface area contributed by atoms with Crippen LogP contribution in [0.15, 0.2) is 48.5 Å². The SMILES string of the molecule is Cc1ccc(C2CCC(OC(=O)c3ccc(C4CCC(C)CC4)cc3)CC2)cc1. The minimum absolute atomic E-state index is 0.0590. The minimum Gasteiger partial charge on any atom is -0.459 e. The minimum atomic E-state index is -0.160. The van der Waals surface area contributed by atoms with Crippen molar-refractivity contribution in [2.24, 2.45) is 5.92 Å². The molecule has 0 atom stereocenters. The Labute approximate surface area is 175 Å². The van der Waals surface area contributed by atoms with Crippen LogP contribution in [0.1, 0.15) is 97.2 Å². The Hall–Kier alpha value is -2.09. The van der Waals surface area contributed by atoms with Gasteiger partial charge in [0.1, 0.15) is 6.10 Å². The van der Waals surface area contributed by atoms with E-state index in [2.05, 4.69) is 50.2 Å². The molecule has 4 rings (SSSR count). The van der Waals surface area contributed by atoms with Gasteiger partial charge in [-0.15, -0.1) is 0 Å². The molecule has 154 valence electrons. The predicted molar refractivity (Wildman–Crippen MR) is 118 cm³/mol. The molecule has 0 saturated heterocycles. The van der Waals surface area contributed by atoms with Crippen LogP contribution in [0, 0.1) is 12.8 Å². The molecule has 2 heteroatoms. The molecule has 0 heterocycles. The maximum absolute atomic E-state index is 12.6. The van der Waals surface area contributed by atoms with Crippen LogP contribution in [0.3, 0.4) is 0 Å². The summed E-state index contributed by atoms with van der Waals surface area (Å²) >= 11 is 0. The molecule has 0 spiro atoms. The van der Waals surface area contributed by atoms with Crippen molar-refractivity contribution < 1.29 is 9.53 Å². The van der Waals surface area contributed by atoms with Gasteiger partial charge in [0.25, 0.3) is 0 Å². The Morgan fingerprint density at radius 2 is 1.21 bits per heavy atom. The van der Waals surface area contributed by atoms with E-state index in [0.29, 0.717) is 17.4 Å². The normalized spacial score (nSPS) is 27.4. The summed E-state index contributed by atoms with van der Waals surface area (Å²) in [6.07, 6.45) is 9.36.